The second-order valence-electron chi connectivity index (χ2n) is 5.92. The average molecular weight is 447 g/mol. The molecule has 1 aromatic heterocycles. The van der Waals surface area contributed by atoms with E-state index in [4.69, 9.17) is 4.74 Å². The van der Waals surface area contributed by atoms with Gasteiger partial charge in [0.15, 0.2) is 0 Å². The first-order valence-electron chi connectivity index (χ1n) is 8.12. The molecule has 1 unspecified atom stereocenters. The maximum absolute atomic E-state index is 13.8. The number of rotatable bonds is 5. The Balaban J connectivity index is 1.67. The van der Waals surface area contributed by atoms with Crippen molar-refractivity contribution in [1.82, 2.24) is 14.3 Å². The highest BCUT2D eigenvalue weighted by Crippen LogP contribution is 2.22. The van der Waals surface area contributed by atoms with Crippen LogP contribution < -0.4 is 10.0 Å². The van der Waals surface area contributed by atoms with Crippen molar-refractivity contribution in [1.29, 1.82) is 0 Å². The zero-order valence-corrected chi connectivity index (χ0v) is 16.2. The molecule has 0 spiro atoms. The van der Waals surface area contributed by atoms with Gasteiger partial charge in [-0.2, -0.15) is 24.1 Å². The number of ether oxygens (including phenoxy) is 1. The van der Waals surface area contributed by atoms with Crippen LogP contribution in [-0.2, 0) is 14.9 Å². The molecular formula is C16H15F2N3O6S2. The third-order valence-electron chi connectivity index (χ3n) is 3.93. The standard InChI is InChI=1S/C16H15F2N3O6S2/c17-10-5-11(18)14(12(22)6-10)16(24)19-13-7-21(2-3-27-13)29(25,26)20-15(23)9-1-4-28-8-9/h1,4-6,8,13,22H,2-3,7H2,(H,19,24)(H,20,23). The van der Waals surface area contributed by atoms with Gasteiger partial charge in [0.2, 0.25) is 0 Å². The minimum atomic E-state index is -4.23. The minimum absolute atomic E-state index is 0.0885. The van der Waals surface area contributed by atoms with E-state index in [1.54, 1.807) is 5.38 Å². The van der Waals surface area contributed by atoms with Gasteiger partial charge in [0.1, 0.15) is 29.2 Å². The topological polar surface area (TPSA) is 125 Å². The van der Waals surface area contributed by atoms with Crippen LogP contribution in [0, 0.1) is 11.6 Å². The van der Waals surface area contributed by atoms with Crippen molar-refractivity contribution < 1.29 is 36.6 Å². The summed E-state index contributed by atoms with van der Waals surface area (Å²) in [6.45, 7) is -0.577. The van der Waals surface area contributed by atoms with Crippen molar-refractivity contribution in [3.8, 4) is 5.75 Å². The Labute approximate surface area is 168 Å². The van der Waals surface area contributed by atoms with Crippen LogP contribution in [0.4, 0.5) is 8.78 Å². The minimum Gasteiger partial charge on any atom is -0.507 e. The van der Waals surface area contributed by atoms with E-state index in [9.17, 15) is 31.9 Å². The quantitative estimate of drug-likeness (QED) is 0.623. The number of aromatic hydroxyl groups is 1. The van der Waals surface area contributed by atoms with E-state index in [1.165, 1.54) is 22.8 Å². The van der Waals surface area contributed by atoms with E-state index >= 15 is 0 Å². The molecule has 13 heteroatoms. The molecule has 1 atom stereocenters. The van der Waals surface area contributed by atoms with Crippen molar-refractivity contribution in [2.45, 2.75) is 6.23 Å². The number of hydrogen-bond acceptors (Lipinski definition) is 7. The molecule has 2 aromatic rings. The van der Waals surface area contributed by atoms with E-state index in [-0.39, 0.29) is 25.3 Å². The Hall–Kier alpha value is -2.61. The summed E-state index contributed by atoms with van der Waals surface area (Å²) in [5, 5.41) is 14.9. The zero-order valence-electron chi connectivity index (χ0n) is 14.6. The van der Waals surface area contributed by atoms with Gasteiger partial charge < -0.3 is 15.2 Å². The molecule has 2 heterocycles. The largest absolute Gasteiger partial charge is 0.507 e. The van der Waals surface area contributed by atoms with Gasteiger partial charge in [-0.05, 0) is 11.4 Å². The Morgan fingerprint density at radius 1 is 1.28 bits per heavy atom. The summed E-state index contributed by atoms with van der Waals surface area (Å²) in [4.78, 5) is 24.2. The number of nitrogens with one attached hydrogen (secondary N) is 2. The molecule has 1 aliphatic heterocycles. The number of phenols is 1. The Morgan fingerprint density at radius 2 is 2.03 bits per heavy atom. The lowest BCUT2D eigenvalue weighted by molar-refractivity contribution is -0.0176. The average Bonchev–Trinajstić information content (AvgIpc) is 3.15. The second-order valence-corrected chi connectivity index (χ2v) is 8.37. The fourth-order valence-electron chi connectivity index (χ4n) is 2.57. The van der Waals surface area contributed by atoms with Gasteiger partial charge in [-0.15, -0.1) is 0 Å². The van der Waals surface area contributed by atoms with Crippen LogP contribution in [-0.4, -0.2) is 55.6 Å². The fraction of sp³-hybridized carbons (Fsp3) is 0.250. The van der Waals surface area contributed by atoms with Crippen LogP contribution in [0.25, 0.3) is 0 Å². The number of carbonyl (C=O) groups is 2. The molecule has 3 rings (SSSR count). The molecular weight excluding hydrogens is 432 g/mol. The van der Waals surface area contributed by atoms with Crippen LogP contribution in [0.3, 0.4) is 0 Å². The van der Waals surface area contributed by atoms with Gasteiger partial charge >= 0.3 is 10.2 Å². The lowest BCUT2D eigenvalue weighted by Gasteiger charge is -2.32. The highest BCUT2D eigenvalue weighted by molar-refractivity contribution is 7.87. The Morgan fingerprint density at radius 3 is 2.69 bits per heavy atom. The number of hydrogen-bond donors (Lipinski definition) is 3. The molecule has 0 radical (unpaired) electrons. The number of morpholine rings is 1. The lowest BCUT2D eigenvalue weighted by Crippen LogP contribution is -2.55. The number of amides is 2. The maximum atomic E-state index is 13.8. The first-order valence-corrected chi connectivity index (χ1v) is 10.5. The Bertz CT molecular complexity index is 1010. The van der Waals surface area contributed by atoms with Crippen molar-refractivity contribution in [3.05, 3.63) is 51.7 Å². The summed E-state index contributed by atoms with van der Waals surface area (Å²) in [6, 6.07) is 2.45. The number of carbonyl (C=O) groups excluding carboxylic acids is 2. The summed E-state index contributed by atoms with van der Waals surface area (Å²) in [6.07, 6.45) is -1.19. The van der Waals surface area contributed by atoms with Gasteiger partial charge in [-0.25, -0.2) is 13.5 Å². The molecule has 3 N–H and O–H groups in total. The van der Waals surface area contributed by atoms with Crippen LogP contribution in [0.1, 0.15) is 20.7 Å². The van der Waals surface area contributed by atoms with Gasteiger partial charge in [0.05, 0.1) is 18.7 Å². The predicted molar refractivity (Wildman–Crippen MR) is 97.5 cm³/mol. The van der Waals surface area contributed by atoms with Gasteiger partial charge in [0.25, 0.3) is 11.8 Å². The molecule has 156 valence electrons. The monoisotopic (exact) mass is 447 g/mol. The fourth-order valence-corrected chi connectivity index (χ4v) is 4.33. The van der Waals surface area contributed by atoms with Gasteiger partial charge in [-0.1, -0.05) is 0 Å². The third-order valence-corrected chi connectivity index (χ3v) is 6.07. The van der Waals surface area contributed by atoms with Crippen molar-refractivity contribution in [3.63, 3.8) is 0 Å². The summed E-state index contributed by atoms with van der Waals surface area (Å²) < 4.78 is 59.8. The molecule has 0 aliphatic carbocycles. The number of phenolic OH excluding ortho intramolecular Hbond substituents is 1. The molecule has 1 fully saturated rings. The highest BCUT2D eigenvalue weighted by atomic mass is 32.2. The zero-order chi connectivity index (χ0) is 21.2. The van der Waals surface area contributed by atoms with Crippen LogP contribution >= 0.6 is 11.3 Å². The lowest BCUT2D eigenvalue weighted by atomic mass is 10.1. The molecule has 1 saturated heterocycles. The van der Waals surface area contributed by atoms with E-state index in [0.717, 1.165) is 4.31 Å². The van der Waals surface area contributed by atoms with E-state index in [2.05, 4.69) is 5.32 Å². The van der Waals surface area contributed by atoms with Crippen molar-refractivity contribution in [2.75, 3.05) is 19.7 Å². The van der Waals surface area contributed by atoms with Crippen LogP contribution in [0.2, 0.25) is 0 Å². The second kappa shape index (κ2) is 8.41. The SMILES string of the molecule is O=C(NS(=O)(=O)N1CCOC(NC(=O)c2c(O)cc(F)cc2F)C1)c1ccsc1. The number of thiophene rings is 1. The highest BCUT2D eigenvalue weighted by Gasteiger charge is 2.32. The first kappa shape index (κ1) is 21.1. The molecule has 0 saturated carbocycles. The normalized spacial score (nSPS) is 17.7. The number of nitrogens with zero attached hydrogens (tertiary/aromatic N) is 1. The first-order chi connectivity index (χ1) is 13.7. The van der Waals surface area contributed by atoms with E-state index in [0.29, 0.717) is 12.1 Å². The van der Waals surface area contributed by atoms with Gasteiger partial charge in [-0.3, -0.25) is 9.59 Å². The van der Waals surface area contributed by atoms with Crippen molar-refractivity contribution in [2.24, 2.45) is 0 Å². The van der Waals surface area contributed by atoms with E-state index < -0.39 is 51.2 Å². The Kier molecular flexibility index (Phi) is 6.12. The summed E-state index contributed by atoms with van der Waals surface area (Å²) in [5.41, 5.74) is -0.625. The summed E-state index contributed by atoms with van der Waals surface area (Å²) >= 11 is 1.23. The number of halogens is 2. The van der Waals surface area contributed by atoms with Crippen LogP contribution in [0.15, 0.2) is 29.0 Å². The van der Waals surface area contributed by atoms with Crippen LogP contribution in [0.5, 0.6) is 5.75 Å². The molecule has 9 nitrogen and oxygen atoms in total. The molecule has 1 aromatic carbocycles. The predicted octanol–water partition coefficient (Wildman–Crippen LogP) is 0.795. The third kappa shape index (κ3) is 4.87. The number of benzene rings is 1. The smallest absolute Gasteiger partial charge is 0.304 e. The summed E-state index contributed by atoms with van der Waals surface area (Å²) in [7, 11) is -4.23. The molecule has 29 heavy (non-hydrogen) atoms. The van der Waals surface area contributed by atoms with Gasteiger partial charge in [0, 0.05) is 24.1 Å². The maximum Gasteiger partial charge on any atom is 0.304 e. The van der Waals surface area contributed by atoms with E-state index in [1.807, 2.05) is 4.72 Å². The molecule has 1 aliphatic rings. The summed E-state index contributed by atoms with van der Waals surface area (Å²) in [5.74, 6) is -5.20. The van der Waals surface area contributed by atoms with Crippen molar-refractivity contribution >= 4 is 33.4 Å². The molecule has 0 bridgehead atoms. The molecule has 2 amide bonds.